The van der Waals surface area contributed by atoms with Crippen molar-refractivity contribution >= 4 is 17.5 Å². The fourth-order valence-electron chi connectivity index (χ4n) is 3.97. The van der Waals surface area contributed by atoms with Crippen molar-refractivity contribution in [3.63, 3.8) is 0 Å². The Labute approximate surface area is 193 Å². The van der Waals surface area contributed by atoms with Gasteiger partial charge in [0.05, 0.1) is 20.3 Å². The van der Waals surface area contributed by atoms with Crippen molar-refractivity contribution in [2.24, 2.45) is 0 Å². The minimum atomic E-state index is -1.26. The van der Waals surface area contributed by atoms with Gasteiger partial charge >= 0.3 is 11.9 Å². The molecule has 0 aromatic heterocycles. The van der Waals surface area contributed by atoms with Gasteiger partial charge in [0.2, 0.25) is 0 Å². The zero-order valence-corrected chi connectivity index (χ0v) is 18.7. The molecule has 0 amide bonds. The minimum Gasteiger partial charge on any atom is -0.497 e. The van der Waals surface area contributed by atoms with Gasteiger partial charge in [-0.3, -0.25) is 4.90 Å². The number of fused-ring (bicyclic) bond motifs is 1. The first-order valence-electron chi connectivity index (χ1n) is 10.9. The second-order valence-electron chi connectivity index (χ2n) is 7.71. The molecule has 2 aromatic rings. The van der Waals surface area contributed by atoms with Crippen LogP contribution < -0.4 is 4.74 Å². The molecule has 0 atom stereocenters. The summed E-state index contributed by atoms with van der Waals surface area (Å²) in [6.45, 7) is 4.99. The largest absolute Gasteiger partial charge is 0.497 e. The number of hydrogen-bond donors (Lipinski definition) is 2. The van der Waals surface area contributed by atoms with Crippen LogP contribution in [0.1, 0.15) is 17.5 Å². The molecule has 4 rings (SSSR count). The zero-order valence-electron chi connectivity index (χ0n) is 18.7. The smallest absolute Gasteiger partial charge is 0.328 e. The maximum Gasteiger partial charge on any atom is 0.328 e. The Bertz CT molecular complexity index is 1000. The number of nitrogens with zero attached hydrogens (tertiary/aromatic N) is 1. The third kappa shape index (κ3) is 7.03. The lowest BCUT2D eigenvalue weighted by atomic mass is 9.94. The van der Waals surface area contributed by atoms with Crippen LogP contribution in [-0.4, -0.2) is 67.0 Å². The molecule has 2 aromatic carbocycles. The Kier molecular flexibility index (Phi) is 8.80. The number of benzene rings is 2. The second kappa shape index (κ2) is 12.0. The number of allylic oxidation sites excluding steroid dienone is 1. The van der Waals surface area contributed by atoms with Gasteiger partial charge in [-0.2, -0.15) is 0 Å². The lowest BCUT2D eigenvalue weighted by Gasteiger charge is -2.26. The standard InChI is InChI=1S/C22H25NO2.C4H4O4/c1-24-19-8-5-17(6-9-19)20-3-2-4-21-18(7-10-22(20)21)11-12-23-13-15-25-16-14-23;5-3(6)1-2-4(7)8/h2-9H,10-16H2,1H3;1-2H,(H,5,6)(H,7,8). The summed E-state index contributed by atoms with van der Waals surface area (Å²) in [5.41, 5.74) is 7.00. The van der Waals surface area contributed by atoms with Crippen LogP contribution in [0.15, 0.2) is 60.7 Å². The predicted molar refractivity (Wildman–Crippen MR) is 126 cm³/mol. The number of ether oxygens (including phenoxy) is 2. The van der Waals surface area contributed by atoms with E-state index in [1.807, 2.05) is 12.1 Å². The van der Waals surface area contributed by atoms with Gasteiger partial charge in [0.15, 0.2) is 0 Å². The number of morpholine rings is 1. The first-order valence-corrected chi connectivity index (χ1v) is 10.9. The van der Waals surface area contributed by atoms with Crippen LogP contribution in [-0.2, 0) is 20.7 Å². The molecular weight excluding hydrogens is 422 g/mol. The summed E-state index contributed by atoms with van der Waals surface area (Å²) in [5.74, 6) is -1.61. The molecule has 7 heteroatoms. The van der Waals surface area contributed by atoms with Gasteiger partial charge in [-0.1, -0.05) is 36.4 Å². The molecule has 0 saturated carbocycles. The molecule has 1 aliphatic carbocycles. The fourth-order valence-corrected chi connectivity index (χ4v) is 3.97. The second-order valence-corrected chi connectivity index (χ2v) is 7.71. The van der Waals surface area contributed by atoms with Crippen LogP contribution in [0.4, 0.5) is 0 Å². The minimum absolute atomic E-state index is 0.558. The maximum atomic E-state index is 9.55. The summed E-state index contributed by atoms with van der Waals surface area (Å²) in [7, 11) is 1.71. The van der Waals surface area contributed by atoms with E-state index in [0.29, 0.717) is 12.2 Å². The van der Waals surface area contributed by atoms with Gasteiger partial charge < -0.3 is 19.7 Å². The third-order valence-electron chi connectivity index (χ3n) is 5.65. The fraction of sp³-hybridized carbons (Fsp3) is 0.308. The molecular formula is C26H29NO6. The molecule has 2 N–H and O–H groups in total. The SMILES string of the molecule is COc1ccc(-c2cccc3c2CC=C3CCN2CCOCC2)cc1.O=C(O)C=CC(=O)O. The number of hydrogen-bond acceptors (Lipinski definition) is 5. The van der Waals surface area contributed by atoms with E-state index in [0.717, 1.165) is 51.4 Å². The van der Waals surface area contributed by atoms with E-state index >= 15 is 0 Å². The molecule has 174 valence electrons. The van der Waals surface area contributed by atoms with Gasteiger partial charge in [0, 0.05) is 31.8 Å². The van der Waals surface area contributed by atoms with E-state index in [4.69, 9.17) is 19.7 Å². The summed E-state index contributed by atoms with van der Waals surface area (Å²) >= 11 is 0. The molecule has 0 unspecified atom stereocenters. The van der Waals surface area contributed by atoms with Crippen molar-refractivity contribution in [3.05, 3.63) is 71.8 Å². The van der Waals surface area contributed by atoms with E-state index < -0.39 is 11.9 Å². The molecule has 1 aliphatic heterocycles. The molecule has 0 radical (unpaired) electrons. The van der Waals surface area contributed by atoms with E-state index in [1.54, 1.807) is 7.11 Å². The Morgan fingerprint density at radius 2 is 1.64 bits per heavy atom. The number of carboxylic acid groups (broad SMARTS) is 2. The summed E-state index contributed by atoms with van der Waals surface area (Å²) < 4.78 is 10.7. The van der Waals surface area contributed by atoms with Crippen LogP contribution in [0.5, 0.6) is 5.75 Å². The molecule has 0 spiro atoms. The maximum absolute atomic E-state index is 9.55. The molecule has 1 saturated heterocycles. The van der Waals surface area contributed by atoms with Gasteiger partial charge in [0.1, 0.15) is 5.75 Å². The van der Waals surface area contributed by atoms with Crippen molar-refractivity contribution in [1.82, 2.24) is 4.90 Å². The van der Waals surface area contributed by atoms with Gasteiger partial charge in [-0.15, -0.1) is 0 Å². The van der Waals surface area contributed by atoms with Crippen molar-refractivity contribution < 1.29 is 29.3 Å². The highest BCUT2D eigenvalue weighted by Gasteiger charge is 2.19. The highest BCUT2D eigenvalue weighted by molar-refractivity contribution is 5.89. The van der Waals surface area contributed by atoms with Crippen LogP contribution in [0, 0.1) is 0 Å². The topological polar surface area (TPSA) is 96.3 Å². The lowest BCUT2D eigenvalue weighted by molar-refractivity contribution is -0.134. The van der Waals surface area contributed by atoms with Crippen LogP contribution in [0.3, 0.4) is 0 Å². The summed E-state index contributed by atoms with van der Waals surface area (Å²) in [6.07, 6.45) is 5.69. The van der Waals surface area contributed by atoms with Gasteiger partial charge in [0.25, 0.3) is 0 Å². The van der Waals surface area contributed by atoms with Crippen LogP contribution in [0.25, 0.3) is 16.7 Å². The van der Waals surface area contributed by atoms with Crippen molar-refractivity contribution in [2.45, 2.75) is 12.8 Å². The number of carbonyl (C=O) groups is 2. The summed E-state index contributed by atoms with van der Waals surface area (Å²) in [6, 6.07) is 15.1. The monoisotopic (exact) mass is 451 g/mol. The molecule has 1 fully saturated rings. The number of rotatable bonds is 7. The Morgan fingerprint density at radius 3 is 2.24 bits per heavy atom. The van der Waals surface area contributed by atoms with Gasteiger partial charge in [-0.25, -0.2) is 9.59 Å². The number of aliphatic carboxylic acids is 2. The normalized spacial score (nSPS) is 15.4. The molecule has 2 aliphatic rings. The zero-order chi connectivity index (χ0) is 23.6. The van der Waals surface area contributed by atoms with Gasteiger partial charge in [-0.05, 0) is 52.8 Å². The van der Waals surface area contributed by atoms with Crippen LogP contribution >= 0.6 is 0 Å². The van der Waals surface area contributed by atoms with Crippen molar-refractivity contribution in [1.29, 1.82) is 0 Å². The van der Waals surface area contributed by atoms with E-state index in [9.17, 15) is 9.59 Å². The predicted octanol–water partition coefficient (Wildman–Crippen LogP) is 3.74. The quantitative estimate of drug-likeness (QED) is 0.619. The number of carboxylic acids is 2. The van der Waals surface area contributed by atoms with Crippen LogP contribution in [0.2, 0.25) is 0 Å². The first kappa shape index (κ1) is 24.2. The average Bonchev–Trinajstić information content (AvgIpc) is 3.26. The summed E-state index contributed by atoms with van der Waals surface area (Å²) in [4.78, 5) is 21.6. The highest BCUT2D eigenvalue weighted by Crippen LogP contribution is 2.37. The van der Waals surface area contributed by atoms with E-state index in [1.165, 1.54) is 27.8 Å². The lowest BCUT2D eigenvalue weighted by Crippen LogP contribution is -2.36. The average molecular weight is 452 g/mol. The Balaban J connectivity index is 0.000000331. The summed E-state index contributed by atoms with van der Waals surface area (Å²) in [5, 5.41) is 15.6. The molecule has 7 nitrogen and oxygen atoms in total. The van der Waals surface area contributed by atoms with E-state index in [-0.39, 0.29) is 0 Å². The van der Waals surface area contributed by atoms with Crippen molar-refractivity contribution in [3.8, 4) is 16.9 Å². The first-order chi connectivity index (χ1) is 16.0. The highest BCUT2D eigenvalue weighted by atomic mass is 16.5. The van der Waals surface area contributed by atoms with Crippen molar-refractivity contribution in [2.75, 3.05) is 40.0 Å². The molecule has 0 bridgehead atoms. The molecule has 33 heavy (non-hydrogen) atoms. The Hall–Kier alpha value is -3.42. The third-order valence-corrected chi connectivity index (χ3v) is 5.65. The Morgan fingerprint density at radius 1 is 1.00 bits per heavy atom. The van der Waals surface area contributed by atoms with E-state index in [2.05, 4.69) is 41.3 Å². The molecule has 1 heterocycles. The number of methoxy groups -OCH3 is 1.